The quantitative estimate of drug-likeness (QED) is 0.0419. The predicted molar refractivity (Wildman–Crippen MR) is 168 cm³/mol. The topological polar surface area (TPSA) is 274 Å². The van der Waals surface area contributed by atoms with Crippen LogP contribution in [-0.4, -0.2) is 112 Å². The van der Waals surface area contributed by atoms with Crippen LogP contribution in [0.15, 0.2) is 18.2 Å². The molecule has 1 fully saturated rings. The van der Waals surface area contributed by atoms with Gasteiger partial charge in [0.2, 0.25) is 43.8 Å². The molecule has 0 bridgehead atoms. The molecule has 3 amide bonds. The average molecular weight is 706 g/mol. The second-order valence-electron chi connectivity index (χ2n) is 11.0. The van der Waals surface area contributed by atoms with Crippen molar-refractivity contribution in [3.05, 3.63) is 23.8 Å². The fourth-order valence-electron chi connectivity index (χ4n) is 4.57. The van der Waals surface area contributed by atoms with Gasteiger partial charge in [-0.1, -0.05) is 19.9 Å². The van der Waals surface area contributed by atoms with Crippen LogP contribution in [0.25, 0.3) is 0 Å². The lowest BCUT2D eigenvalue weighted by molar-refractivity contribution is -0.276. The van der Waals surface area contributed by atoms with E-state index in [1.165, 1.54) is 18.2 Å². The first-order valence-corrected chi connectivity index (χ1v) is 15.3. The highest BCUT2D eigenvalue weighted by Gasteiger charge is 2.54. The third kappa shape index (κ3) is 13.0. The van der Waals surface area contributed by atoms with E-state index in [1.807, 2.05) is 0 Å². The molecule has 272 valence electrons. The number of rotatable bonds is 22. The van der Waals surface area contributed by atoms with Gasteiger partial charge >= 0.3 is 5.97 Å². The van der Waals surface area contributed by atoms with E-state index in [4.69, 9.17) is 42.0 Å². The number of aliphatic carboxylic acids is 1. The first-order valence-electron chi connectivity index (χ1n) is 15.3. The van der Waals surface area contributed by atoms with Gasteiger partial charge in [0, 0.05) is 25.4 Å². The van der Waals surface area contributed by atoms with Gasteiger partial charge in [0.25, 0.3) is 19.4 Å². The van der Waals surface area contributed by atoms with Crippen molar-refractivity contribution in [3.63, 3.8) is 0 Å². The van der Waals surface area contributed by atoms with E-state index in [9.17, 15) is 43.5 Å². The molecule has 2 rings (SSSR count). The van der Waals surface area contributed by atoms with Gasteiger partial charge in [-0.2, -0.15) is 0 Å². The number of carbonyl (C=O) groups excluding carboxylic acids is 7. The molecule has 1 aliphatic heterocycles. The lowest BCUT2D eigenvalue weighted by Crippen LogP contribution is -2.63. The Morgan fingerprint density at radius 3 is 2.20 bits per heavy atom. The van der Waals surface area contributed by atoms with Crippen molar-refractivity contribution >= 4 is 62.5 Å². The molecule has 1 saturated heterocycles. The Morgan fingerprint density at radius 1 is 0.940 bits per heavy atom. The Morgan fingerprint density at radius 2 is 1.58 bits per heavy atom. The van der Waals surface area contributed by atoms with E-state index >= 15 is 0 Å². The number of carboxylic acid groups (broad SMARTS) is 1. The van der Waals surface area contributed by atoms with Crippen LogP contribution in [0.5, 0.6) is 5.75 Å². The van der Waals surface area contributed by atoms with Crippen LogP contribution >= 0.6 is 0 Å². The minimum atomic E-state index is -1.97. The van der Waals surface area contributed by atoms with Crippen molar-refractivity contribution in [2.45, 2.75) is 82.9 Å². The minimum absolute atomic E-state index is 0.0644. The minimum Gasteiger partial charge on any atom is -0.479 e. The lowest BCUT2D eigenvalue weighted by atomic mass is 9.98. The molecule has 1 heterocycles. The maximum Gasteiger partial charge on any atom is 0.337 e. The Balaban J connectivity index is 2.15. The number of hydrogen-bond donors (Lipinski definition) is 5. The molecule has 1 aromatic carbocycles. The maximum atomic E-state index is 12.9. The summed E-state index contributed by atoms with van der Waals surface area (Å²) >= 11 is 0. The van der Waals surface area contributed by atoms with E-state index in [2.05, 4.69) is 16.0 Å². The van der Waals surface area contributed by atoms with Crippen molar-refractivity contribution in [1.82, 2.24) is 10.6 Å². The number of amides is 3. The molecular formula is C30H39BN4O15. The van der Waals surface area contributed by atoms with Gasteiger partial charge in [0.1, 0.15) is 12.4 Å². The largest absolute Gasteiger partial charge is 0.479 e. The lowest BCUT2D eigenvalue weighted by Gasteiger charge is -2.41. The number of ether oxygens (including phenoxy) is 6. The Hall–Kier alpha value is -5.24. The van der Waals surface area contributed by atoms with E-state index in [0.29, 0.717) is 31.4 Å². The zero-order valence-corrected chi connectivity index (χ0v) is 27.3. The summed E-state index contributed by atoms with van der Waals surface area (Å²) in [5, 5.41) is 17.6. The maximum absolute atomic E-state index is 12.9. The van der Waals surface area contributed by atoms with E-state index in [0.717, 1.165) is 0 Å². The fourth-order valence-corrected chi connectivity index (χ4v) is 4.57. The normalized spacial score (nSPS) is 20.3. The molecule has 50 heavy (non-hydrogen) atoms. The summed E-state index contributed by atoms with van der Waals surface area (Å²) < 4.78 is 30.7. The van der Waals surface area contributed by atoms with Crippen molar-refractivity contribution in [1.29, 1.82) is 0 Å². The van der Waals surface area contributed by atoms with Crippen molar-refractivity contribution in [3.8, 4) is 5.75 Å². The number of unbranched alkanes of at least 4 members (excludes halogenated alkanes) is 1. The molecular weight excluding hydrogens is 667 g/mol. The average Bonchev–Trinajstić information content (AvgIpc) is 3.06. The van der Waals surface area contributed by atoms with Crippen molar-refractivity contribution in [2.24, 2.45) is 11.7 Å². The van der Waals surface area contributed by atoms with Crippen LogP contribution in [0.4, 0.5) is 10.5 Å². The number of carboxylic acids is 1. The van der Waals surface area contributed by atoms with Gasteiger partial charge in [-0.25, -0.2) is 4.79 Å². The van der Waals surface area contributed by atoms with Crippen molar-refractivity contribution in [2.75, 3.05) is 18.4 Å². The molecule has 6 atom stereocenters. The smallest absolute Gasteiger partial charge is 0.337 e. The van der Waals surface area contributed by atoms with Crippen LogP contribution in [-0.2, 0) is 63.9 Å². The van der Waals surface area contributed by atoms with Gasteiger partial charge < -0.3 is 55.2 Å². The number of hydrogen-bond acceptors (Lipinski definition) is 15. The molecule has 6 N–H and O–H groups in total. The summed E-state index contributed by atoms with van der Waals surface area (Å²) in [4.78, 5) is 93.7. The zero-order valence-electron chi connectivity index (χ0n) is 27.3. The van der Waals surface area contributed by atoms with Crippen molar-refractivity contribution < 1.29 is 71.9 Å². The molecule has 1 aliphatic rings. The van der Waals surface area contributed by atoms with Crippen LogP contribution in [0.2, 0.25) is 0 Å². The summed E-state index contributed by atoms with van der Waals surface area (Å²) in [5.74, 6) is -4.27. The number of nitrogens with one attached hydrogen (secondary N) is 3. The molecule has 19 nitrogen and oxygen atoms in total. The van der Waals surface area contributed by atoms with Gasteiger partial charge in [0.05, 0.1) is 11.7 Å². The van der Waals surface area contributed by atoms with Crippen LogP contribution < -0.4 is 26.4 Å². The van der Waals surface area contributed by atoms with Gasteiger partial charge in [-0.3, -0.25) is 33.6 Å². The molecule has 2 radical (unpaired) electrons. The summed E-state index contributed by atoms with van der Waals surface area (Å²) in [7, 11) is 5.04. The highest BCUT2D eigenvalue weighted by atomic mass is 16.7. The summed E-state index contributed by atoms with van der Waals surface area (Å²) in [6.45, 7) is 3.30. The monoisotopic (exact) mass is 706 g/mol. The van der Waals surface area contributed by atoms with Crippen LogP contribution in [0, 0.1) is 5.92 Å². The van der Waals surface area contributed by atoms with Gasteiger partial charge in [0.15, 0.2) is 18.3 Å². The SMILES string of the molecule is [B]C(=O)OCc1ccc(O[C@@H]2O[C@H](C(=O)O)[C@@H](OC=O)[C@H](OC=O)[C@H]2OC=O)c(NC(=O)CCNC(=O)C(N)CCCCNC(=O)C(C)C)c1. The number of carbonyl (C=O) groups is 8. The predicted octanol–water partition coefficient (Wildman–Crippen LogP) is -0.981. The molecule has 20 heteroatoms. The standard InChI is InChI=1S/C30H39BN4O15/c1-16(2)26(40)33-9-4-3-5-18(32)27(41)34-10-8-21(39)35-19-11-17(12-45-30(31)44)6-7-20(19)49-29-25(48-15-38)23(47-14-37)22(46-13-36)24(50-29)28(42)43/h6-7,11,13-16,18,22-25,29H,3-5,8-10,12,32H2,1-2H3,(H,33,40)(H,34,41)(H,35,39)(H,42,43)/t18?,22-,23-,24-,25+,29+/m0/s1. The summed E-state index contributed by atoms with van der Waals surface area (Å²) in [6, 6.07) is 3.12. The van der Waals surface area contributed by atoms with Gasteiger partial charge in [-0.15, -0.1) is 0 Å². The van der Waals surface area contributed by atoms with E-state index in [1.54, 1.807) is 13.8 Å². The fraction of sp³-hybridized carbons (Fsp3) is 0.533. The van der Waals surface area contributed by atoms with Crippen LogP contribution in [0.3, 0.4) is 0 Å². The highest BCUT2D eigenvalue weighted by molar-refractivity contribution is 6.55. The molecule has 0 aliphatic carbocycles. The van der Waals surface area contributed by atoms with E-state index in [-0.39, 0.29) is 62.3 Å². The zero-order chi connectivity index (χ0) is 37.2. The number of anilines is 1. The van der Waals surface area contributed by atoms with Crippen LogP contribution in [0.1, 0.15) is 45.1 Å². The highest BCUT2D eigenvalue weighted by Crippen LogP contribution is 2.33. The Labute approximate surface area is 287 Å². The molecule has 1 aromatic rings. The second-order valence-corrected chi connectivity index (χ2v) is 11.0. The third-order valence-electron chi connectivity index (χ3n) is 7.07. The first-order chi connectivity index (χ1) is 23.8. The second kappa shape index (κ2) is 21.0. The Kier molecular flexibility index (Phi) is 17.2. The molecule has 0 spiro atoms. The molecule has 1 unspecified atom stereocenters. The van der Waals surface area contributed by atoms with Gasteiger partial charge in [-0.05, 0) is 37.0 Å². The summed E-state index contributed by atoms with van der Waals surface area (Å²) in [5.41, 5.74) is 6.18. The molecule has 0 aromatic heterocycles. The number of benzene rings is 1. The third-order valence-corrected chi connectivity index (χ3v) is 7.07. The molecule has 0 saturated carbocycles. The first kappa shape index (κ1) is 40.9. The number of nitrogens with two attached hydrogens (primary N) is 1. The Bertz CT molecular complexity index is 1360. The summed E-state index contributed by atoms with van der Waals surface area (Å²) in [6.07, 6.45) is -7.63. The van der Waals surface area contributed by atoms with E-state index < -0.39 is 60.4 Å².